The largest absolute Gasteiger partial charge is 0.298 e. The standard InChI is InChI=1S/C28H29F2N5O/c29-23-9-3-1-6-19(23)15-33-12-5-8-21(17-33)26-14-27-31-25-11-13-34(16-20-7-2-4-10-24(20)30)18-22(25)28(36)35(27)32-26/h1-4,6-7,9-10,14,21,32H,5,8,11-13,15-18H2/t21-/m1/s1. The highest BCUT2D eigenvalue weighted by molar-refractivity contribution is 5.43. The normalized spacial score (nSPS) is 19.0. The molecule has 4 heterocycles. The number of H-pyrrole nitrogens is 1. The molecule has 0 amide bonds. The van der Waals surface area contributed by atoms with E-state index in [1.54, 1.807) is 22.7 Å². The minimum Gasteiger partial charge on any atom is -0.298 e. The predicted octanol–water partition coefficient (Wildman–Crippen LogP) is 4.24. The summed E-state index contributed by atoms with van der Waals surface area (Å²) in [6.45, 7) is 3.95. The van der Waals surface area contributed by atoms with Gasteiger partial charge in [-0.2, -0.15) is 0 Å². The van der Waals surface area contributed by atoms with Crippen LogP contribution in [-0.4, -0.2) is 44.0 Å². The predicted molar refractivity (Wildman–Crippen MR) is 134 cm³/mol. The van der Waals surface area contributed by atoms with E-state index in [4.69, 9.17) is 4.98 Å². The number of hydrogen-bond acceptors (Lipinski definition) is 4. The minimum absolute atomic E-state index is 0.0847. The topological polar surface area (TPSA) is 56.6 Å². The zero-order valence-corrected chi connectivity index (χ0v) is 20.1. The van der Waals surface area contributed by atoms with Crippen LogP contribution in [0, 0.1) is 11.6 Å². The van der Waals surface area contributed by atoms with Crippen molar-refractivity contribution in [2.45, 2.75) is 44.8 Å². The molecular weight excluding hydrogens is 460 g/mol. The van der Waals surface area contributed by atoms with Gasteiger partial charge in [0.1, 0.15) is 11.6 Å². The Morgan fingerprint density at radius 1 is 0.944 bits per heavy atom. The minimum atomic E-state index is -0.223. The van der Waals surface area contributed by atoms with Crippen molar-refractivity contribution >= 4 is 5.65 Å². The summed E-state index contributed by atoms with van der Waals surface area (Å²) < 4.78 is 29.9. The zero-order valence-electron chi connectivity index (χ0n) is 20.1. The van der Waals surface area contributed by atoms with Crippen molar-refractivity contribution in [2.24, 2.45) is 0 Å². The first kappa shape index (κ1) is 23.1. The van der Waals surface area contributed by atoms with E-state index >= 15 is 0 Å². The first-order valence-electron chi connectivity index (χ1n) is 12.6. The smallest absolute Gasteiger partial charge is 0.277 e. The lowest BCUT2D eigenvalue weighted by atomic mass is 9.94. The van der Waals surface area contributed by atoms with E-state index in [1.807, 2.05) is 24.3 Å². The van der Waals surface area contributed by atoms with Crippen molar-refractivity contribution in [1.82, 2.24) is 24.4 Å². The molecule has 36 heavy (non-hydrogen) atoms. The van der Waals surface area contributed by atoms with Crippen LogP contribution in [-0.2, 0) is 26.1 Å². The maximum atomic E-state index is 14.2. The average molecular weight is 490 g/mol. The maximum Gasteiger partial charge on any atom is 0.277 e. The molecule has 0 unspecified atom stereocenters. The summed E-state index contributed by atoms with van der Waals surface area (Å²) in [6.07, 6.45) is 2.68. The number of likely N-dealkylation sites (tertiary alicyclic amines) is 1. The highest BCUT2D eigenvalue weighted by atomic mass is 19.1. The third-order valence-corrected chi connectivity index (χ3v) is 7.51. The van der Waals surface area contributed by atoms with Gasteiger partial charge in [0.25, 0.3) is 5.56 Å². The lowest BCUT2D eigenvalue weighted by Gasteiger charge is -2.32. The fourth-order valence-corrected chi connectivity index (χ4v) is 5.59. The quantitative estimate of drug-likeness (QED) is 0.456. The second kappa shape index (κ2) is 9.59. The molecule has 0 saturated carbocycles. The van der Waals surface area contributed by atoms with Gasteiger partial charge in [0, 0.05) is 67.9 Å². The first-order valence-corrected chi connectivity index (χ1v) is 12.6. The van der Waals surface area contributed by atoms with Crippen LogP contribution in [0.5, 0.6) is 0 Å². The lowest BCUT2D eigenvalue weighted by molar-refractivity contribution is 0.196. The second-order valence-corrected chi connectivity index (χ2v) is 9.97. The number of benzene rings is 2. The van der Waals surface area contributed by atoms with Gasteiger partial charge in [-0.3, -0.25) is 19.7 Å². The van der Waals surface area contributed by atoms with Crippen LogP contribution in [0.2, 0.25) is 0 Å². The third-order valence-electron chi connectivity index (χ3n) is 7.51. The third kappa shape index (κ3) is 4.47. The lowest BCUT2D eigenvalue weighted by Crippen LogP contribution is -2.36. The number of rotatable bonds is 5. The molecule has 0 radical (unpaired) electrons. The van der Waals surface area contributed by atoms with Crippen LogP contribution in [0.1, 0.15) is 46.8 Å². The van der Waals surface area contributed by atoms with Gasteiger partial charge in [0.05, 0.1) is 11.3 Å². The van der Waals surface area contributed by atoms with Gasteiger partial charge < -0.3 is 0 Å². The molecule has 2 aliphatic heterocycles. The van der Waals surface area contributed by atoms with Gasteiger partial charge in [-0.1, -0.05) is 36.4 Å². The SMILES string of the molecule is O=c1c2c(nc3cc([C@@H]4CCCN(Cc5ccccc5F)C4)[nH]n13)CCN(Cc1ccccc1F)C2. The summed E-state index contributed by atoms with van der Waals surface area (Å²) in [5.74, 6) is -0.170. The highest BCUT2D eigenvalue weighted by Gasteiger charge is 2.26. The summed E-state index contributed by atoms with van der Waals surface area (Å²) in [6, 6.07) is 15.7. The monoisotopic (exact) mass is 489 g/mol. The molecule has 1 N–H and O–H groups in total. The molecule has 0 bridgehead atoms. The van der Waals surface area contributed by atoms with Gasteiger partial charge in [-0.15, -0.1) is 0 Å². The van der Waals surface area contributed by atoms with Crippen molar-refractivity contribution in [3.63, 3.8) is 0 Å². The Kier molecular flexibility index (Phi) is 6.15. The Labute approximate surface area is 208 Å². The Balaban J connectivity index is 1.22. The number of fused-ring (bicyclic) bond motifs is 2. The van der Waals surface area contributed by atoms with E-state index in [9.17, 15) is 13.6 Å². The van der Waals surface area contributed by atoms with Gasteiger partial charge >= 0.3 is 0 Å². The van der Waals surface area contributed by atoms with E-state index in [1.165, 1.54) is 12.1 Å². The second-order valence-electron chi connectivity index (χ2n) is 9.97. The van der Waals surface area contributed by atoms with Gasteiger partial charge in [-0.25, -0.2) is 18.3 Å². The van der Waals surface area contributed by atoms with Crippen molar-refractivity contribution in [2.75, 3.05) is 19.6 Å². The Morgan fingerprint density at radius 2 is 1.64 bits per heavy atom. The Morgan fingerprint density at radius 3 is 2.36 bits per heavy atom. The molecule has 2 aliphatic rings. The summed E-state index contributed by atoms with van der Waals surface area (Å²) in [5.41, 5.74) is 4.40. The van der Waals surface area contributed by atoms with E-state index in [2.05, 4.69) is 14.9 Å². The Hall–Kier alpha value is -3.36. The molecule has 0 aliphatic carbocycles. The van der Waals surface area contributed by atoms with Crippen LogP contribution in [0.3, 0.4) is 0 Å². The molecule has 2 aromatic heterocycles. The van der Waals surface area contributed by atoms with Crippen LogP contribution in [0.15, 0.2) is 59.4 Å². The molecule has 6 nitrogen and oxygen atoms in total. The van der Waals surface area contributed by atoms with Crippen molar-refractivity contribution in [3.05, 3.63) is 105 Å². The van der Waals surface area contributed by atoms with E-state index in [-0.39, 0.29) is 23.1 Å². The van der Waals surface area contributed by atoms with E-state index < -0.39 is 0 Å². The Bertz CT molecular complexity index is 1460. The molecule has 2 aromatic carbocycles. The maximum absolute atomic E-state index is 14.2. The molecule has 1 atom stereocenters. The fraction of sp³-hybridized carbons (Fsp3) is 0.357. The van der Waals surface area contributed by atoms with Gasteiger partial charge in [0.2, 0.25) is 0 Å². The summed E-state index contributed by atoms with van der Waals surface area (Å²) in [5, 5.41) is 3.32. The number of halogens is 2. The van der Waals surface area contributed by atoms with Crippen molar-refractivity contribution in [3.8, 4) is 0 Å². The average Bonchev–Trinajstić information content (AvgIpc) is 3.32. The van der Waals surface area contributed by atoms with E-state index in [0.717, 1.165) is 43.9 Å². The molecule has 4 aromatic rings. The summed E-state index contributed by atoms with van der Waals surface area (Å²) in [7, 11) is 0. The van der Waals surface area contributed by atoms with Crippen LogP contribution >= 0.6 is 0 Å². The van der Waals surface area contributed by atoms with E-state index in [0.29, 0.717) is 48.4 Å². The van der Waals surface area contributed by atoms with Crippen molar-refractivity contribution < 1.29 is 8.78 Å². The van der Waals surface area contributed by atoms with Crippen LogP contribution < -0.4 is 5.56 Å². The molecule has 1 fully saturated rings. The fourth-order valence-electron chi connectivity index (χ4n) is 5.59. The number of aromatic nitrogens is 3. The summed E-state index contributed by atoms with van der Waals surface area (Å²) in [4.78, 5) is 22.6. The molecule has 1 saturated heterocycles. The molecule has 8 heteroatoms. The number of hydrogen-bond donors (Lipinski definition) is 1. The highest BCUT2D eigenvalue weighted by Crippen LogP contribution is 2.28. The zero-order chi connectivity index (χ0) is 24.6. The van der Waals surface area contributed by atoms with Crippen LogP contribution in [0.25, 0.3) is 5.65 Å². The molecule has 186 valence electrons. The molecule has 0 spiro atoms. The number of aromatic amines is 1. The van der Waals surface area contributed by atoms with Crippen LogP contribution in [0.4, 0.5) is 8.78 Å². The molecule has 6 rings (SSSR count). The number of nitrogens with zero attached hydrogens (tertiary/aromatic N) is 4. The number of piperidine rings is 1. The number of nitrogens with one attached hydrogen (secondary N) is 1. The van der Waals surface area contributed by atoms with Gasteiger partial charge in [0.15, 0.2) is 5.65 Å². The molecular formula is C28H29F2N5O. The van der Waals surface area contributed by atoms with Gasteiger partial charge in [-0.05, 0) is 31.5 Å². The van der Waals surface area contributed by atoms with Crippen molar-refractivity contribution in [1.29, 1.82) is 0 Å². The summed E-state index contributed by atoms with van der Waals surface area (Å²) >= 11 is 0. The first-order chi connectivity index (χ1) is 17.5.